The van der Waals surface area contributed by atoms with Gasteiger partial charge in [-0.1, -0.05) is 53.5 Å². The van der Waals surface area contributed by atoms with E-state index in [9.17, 15) is 9.59 Å². The van der Waals surface area contributed by atoms with Crippen molar-refractivity contribution in [2.24, 2.45) is 17.2 Å². The van der Waals surface area contributed by atoms with Gasteiger partial charge in [-0.25, -0.2) is 0 Å². The molecule has 0 bridgehead atoms. The van der Waals surface area contributed by atoms with E-state index < -0.39 is 12.0 Å². The zero-order chi connectivity index (χ0) is 24.8. The Hall–Kier alpha value is -3.14. The summed E-state index contributed by atoms with van der Waals surface area (Å²) in [6, 6.07) is 18.0. The molecule has 0 aliphatic heterocycles. The molecule has 0 amide bonds. The number of carbonyl (C=O) groups excluding carboxylic acids is 1. The maximum Gasteiger partial charge on any atom is 0.321 e. The van der Waals surface area contributed by atoms with Crippen LogP contribution in [0.3, 0.4) is 0 Å². The molecule has 33 heavy (non-hydrogen) atoms. The number of halogens is 2. The maximum absolute atomic E-state index is 10.6. The number of hydrogen-bond acceptors (Lipinski definition) is 7. The fourth-order valence-electron chi connectivity index (χ4n) is 2.11. The molecule has 0 radical (unpaired) electrons. The molecule has 0 spiro atoms. The fourth-order valence-corrected chi connectivity index (χ4v) is 2.40. The third-order valence-electron chi connectivity index (χ3n) is 3.90. The zero-order valence-corrected chi connectivity index (χ0v) is 19.0. The van der Waals surface area contributed by atoms with Crippen LogP contribution >= 0.6 is 23.2 Å². The lowest BCUT2D eigenvalue weighted by molar-refractivity contribution is -0.138. The van der Waals surface area contributed by atoms with Crippen molar-refractivity contribution in [3.05, 3.63) is 87.9 Å². The Kier molecular flexibility index (Phi) is 12.5. The standard InChI is InChI=1S/C13H8Cl2O2.C7H9NO.C3H8N2O2/c14-12-5-4-11(7-13(12)15)17-10-3-1-2-9(6-10)8-16;8-5-6-3-1-2-4-7(6)9;4-1-2(5)3(6)7/h1-8H;1-4,9H,5,8H2;2H,1,4-5H2,(H,6,7)/t;;2-/m..0/s1. The number of ether oxygens (including phenoxy) is 1. The largest absolute Gasteiger partial charge is 0.508 e. The first-order chi connectivity index (χ1) is 15.7. The monoisotopic (exact) mass is 493 g/mol. The van der Waals surface area contributed by atoms with Crippen molar-refractivity contribution < 1.29 is 24.5 Å². The van der Waals surface area contributed by atoms with Gasteiger partial charge >= 0.3 is 5.97 Å². The molecule has 3 aromatic carbocycles. The number of carboxylic acid groups (broad SMARTS) is 1. The van der Waals surface area contributed by atoms with Crippen LogP contribution in [0.2, 0.25) is 10.0 Å². The molecule has 1 atom stereocenters. The quantitative estimate of drug-likeness (QED) is 0.323. The summed E-state index contributed by atoms with van der Waals surface area (Å²) in [5, 5.41) is 17.9. The molecular weight excluding hydrogens is 469 g/mol. The Bertz CT molecular complexity index is 1050. The van der Waals surface area contributed by atoms with Crippen molar-refractivity contribution in [2.45, 2.75) is 12.6 Å². The number of nitrogens with two attached hydrogens (primary N) is 3. The van der Waals surface area contributed by atoms with E-state index in [0.717, 1.165) is 11.8 Å². The number of carboxylic acids is 1. The van der Waals surface area contributed by atoms with Crippen LogP contribution < -0.4 is 21.9 Å². The summed E-state index contributed by atoms with van der Waals surface area (Å²) in [5.41, 5.74) is 16.4. The van der Waals surface area contributed by atoms with Gasteiger partial charge in [-0.15, -0.1) is 0 Å². The van der Waals surface area contributed by atoms with Crippen LogP contribution in [0, 0.1) is 0 Å². The second-order valence-electron chi connectivity index (χ2n) is 6.38. The summed E-state index contributed by atoms with van der Waals surface area (Å²) in [5.74, 6) is 0.373. The average Bonchev–Trinajstić information content (AvgIpc) is 2.82. The number of aldehydes is 1. The highest BCUT2D eigenvalue weighted by molar-refractivity contribution is 6.42. The van der Waals surface area contributed by atoms with Crippen LogP contribution in [0.4, 0.5) is 0 Å². The van der Waals surface area contributed by atoms with E-state index in [0.29, 0.717) is 33.7 Å². The average molecular weight is 494 g/mol. The first-order valence-corrected chi connectivity index (χ1v) is 10.3. The molecule has 8 nitrogen and oxygen atoms in total. The van der Waals surface area contributed by atoms with Crippen molar-refractivity contribution in [1.29, 1.82) is 0 Å². The molecule has 176 valence electrons. The minimum Gasteiger partial charge on any atom is -0.508 e. The summed E-state index contributed by atoms with van der Waals surface area (Å²) < 4.78 is 5.55. The van der Waals surface area contributed by atoms with Crippen LogP contribution in [-0.2, 0) is 11.3 Å². The van der Waals surface area contributed by atoms with Gasteiger partial charge in [0.05, 0.1) is 10.0 Å². The number of aliphatic carboxylic acids is 1. The third-order valence-corrected chi connectivity index (χ3v) is 4.64. The normalized spacial score (nSPS) is 10.6. The zero-order valence-electron chi connectivity index (χ0n) is 17.5. The van der Waals surface area contributed by atoms with E-state index in [1.54, 1.807) is 60.7 Å². The number of hydrogen-bond donors (Lipinski definition) is 5. The smallest absolute Gasteiger partial charge is 0.321 e. The summed E-state index contributed by atoms with van der Waals surface area (Å²) in [6.07, 6.45) is 0.766. The second-order valence-corrected chi connectivity index (χ2v) is 7.20. The molecule has 0 aliphatic carbocycles. The maximum atomic E-state index is 10.6. The molecule has 0 fully saturated rings. The van der Waals surface area contributed by atoms with Gasteiger partial charge in [0.15, 0.2) is 0 Å². The Morgan fingerprint density at radius 3 is 2.12 bits per heavy atom. The SMILES string of the molecule is NC[C@H](N)C(=O)O.NCc1ccccc1O.O=Cc1cccc(Oc2ccc(Cl)c(Cl)c2)c1. The van der Waals surface area contributed by atoms with Crippen LogP contribution in [0.25, 0.3) is 0 Å². The lowest BCUT2D eigenvalue weighted by Gasteiger charge is -2.06. The second kappa shape index (κ2) is 14.8. The Balaban J connectivity index is 0.000000286. The summed E-state index contributed by atoms with van der Waals surface area (Å²) in [7, 11) is 0. The molecule has 3 aromatic rings. The highest BCUT2D eigenvalue weighted by Crippen LogP contribution is 2.29. The van der Waals surface area contributed by atoms with Gasteiger partial charge < -0.3 is 32.2 Å². The van der Waals surface area contributed by atoms with Gasteiger partial charge in [0.1, 0.15) is 29.6 Å². The minimum atomic E-state index is -1.05. The molecule has 0 saturated heterocycles. The van der Waals surface area contributed by atoms with Crippen LogP contribution in [0.5, 0.6) is 17.2 Å². The number of rotatable bonds is 6. The van der Waals surface area contributed by atoms with Crippen LogP contribution in [-0.4, -0.2) is 35.1 Å². The highest BCUT2D eigenvalue weighted by atomic mass is 35.5. The first kappa shape index (κ1) is 27.9. The first-order valence-electron chi connectivity index (χ1n) is 9.55. The van der Waals surface area contributed by atoms with Gasteiger partial charge in [0.2, 0.25) is 0 Å². The predicted molar refractivity (Wildman–Crippen MR) is 129 cm³/mol. The lowest BCUT2D eigenvalue weighted by atomic mass is 10.2. The Labute approximate surface area is 201 Å². The van der Waals surface area contributed by atoms with Crippen molar-refractivity contribution in [2.75, 3.05) is 6.54 Å². The predicted octanol–water partition coefficient (Wildman–Crippen LogP) is 3.81. The summed E-state index contributed by atoms with van der Waals surface area (Å²) >= 11 is 11.7. The van der Waals surface area contributed by atoms with Crippen molar-refractivity contribution in [1.82, 2.24) is 0 Å². The van der Waals surface area contributed by atoms with E-state index in [1.165, 1.54) is 0 Å². The van der Waals surface area contributed by atoms with E-state index in [-0.39, 0.29) is 12.3 Å². The van der Waals surface area contributed by atoms with Crippen molar-refractivity contribution >= 4 is 35.5 Å². The molecular formula is C23H25Cl2N3O5. The topological polar surface area (TPSA) is 162 Å². The van der Waals surface area contributed by atoms with Crippen molar-refractivity contribution in [3.63, 3.8) is 0 Å². The number of para-hydroxylation sites is 1. The lowest BCUT2D eigenvalue weighted by Crippen LogP contribution is -2.37. The van der Waals surface area contributed by atoms with Gasteiger partial charge in [-0.05, 0) is 30.3 Å². The fraction of sp³-hybridized carbons (Fsp3) is 0.130. The third kappa shape index (κ3) is 10.3. The molecule has 0 aromatic heterocycles. The number of benzene rings is 3. The van der Waals surface area contributed by atoms with Gasteiger partial charge in [-0.3, -0.25) is 9.59 Å². The number of aromatic hydroxyl groups is 1. The van der Waals surface area contributed by atoms with Gasteiger partial charge in [0.25, 0.3) is 0 Å². The highest BCUT2D eigenvalue weighted by Gasteiger charge is 2.06. The molecule has 0 aliphatic rings. The minimum absolute atomic E-state index is 0.00463. The number of phenols is 1. The summed E-state index contributed by atoms with van der Waals surface area (Å²) in [4.78, 5) is 20.3. The van der Waals surface area contributed by atoms with Crippen LogP contribution in [0.1, 0.15) is 15.9 Å². The molecule has 3 rings (SSSR count). The Morgan fingerprint density at radius 1 is 0.970 bits per heavy atom. The van der Waals surface area contributed by atoms with E-state index in [1.807, 2.05) is 6.07 Å². The molecule has 10 heteroatoms. The Morgan fingerprint density at radius 2 is 1.64 bits per heavy atom. The van der Waals surface area contributed by atoms with Crippen molar-refractivity contribution in [3.8, 4) is 17.2 Å². The van der Waals surface area contributed by atoms with E-state index >= 15 is 0 Å². The molecule has 0 saturated carbocycles. The molecule has 0 heterocycles. The molecule has 0 unspecified atom stereocenters. The van der Waals surface area contributed by atoms with Gasteiger partial charge in [0, 0.05) is 30.3 Å². The number of carbonyl (C=O) groups is 2. The summed E-state index contributed by atoms with van der Waals surface area (Å²) in [6.45, 7) is 0.391. The van der Waals surface area contributed by atoms with Gasteiger partial charge in [-0.2, -0.15) is 0 Å². The number of phenolic OH excluding ortho intramolecular Hbond substituents is 1. The van der Waals surface area contributed by atoms with E-state index in [4.69, 9.17) is 55.4 Å². The molecule has 8 N–H and O–H groups in total. The van der Waals surface area contributed by atoms with Crippen LogP contribution in [0.15, 0.2) is 66.7 Å². The van der Waals surface area contributed by atoms with E-state index in [2.05, 4.69) is 0 Å².